The van der Waals surface area contributed by atoms with E-state index in [1.165, 1.54) is 6.42 Å². The van der Waals surface area contributed by atoms with E-state index in [1.807, 2.05) is 18.5 Å². The third-order valence-corrected chi connectivity index (χ3v) is 3.80. The van der Waals surface area contributed by atoms with Gasteiger partial charge in [-0.05, 0) is 39.5 Å². The Morgan fingerprint density at radius 2 is 2.33 bits per heavy atom. The number of nitrogens with zero attached hydrogens (tertiary/aromatic N) is 5. The van der Waals surface area contributed by atoms with Gasteiger partial charge in [0, 0.05) is 31.2 Å². The molecule has 0 radical (unpaired) electrons. The number of hydrogen-bond donors (Lipinski definition) is 1. The molecule has 1 saturated heterocycles. The van der Waals surface area contributed by atoms with Crippen molar-refractivity contribution in [3.05, 3.63) is 42.0 Å². The molecule has 0 bridgehead atoms. The molecule has 1 aliphatic rings. The lowest BCUT2D eigenvalue weighted by Crippen LogP contribution is -2.25. The van der Waals surface area contributed by atoms with Crippen molar-refractivity contribution in [2.75, 3.05) is 20.6 Å². The van der Waals surface area contributed by atoms with Gasteiger partial charge in [-0.3, -0.25) is 4.90 Å². The SMILES string of the molecule is CN(C)Cc1ccnc([C@H]2CCCN2Cc2cnc[nH]2)n1. The van der Waals surface area contributed by atoms with Gasteiger partial charge >= 0.3 is 0 Å². The van der Waals surface area contributed by atoms with Crippen LogP contribution in [0.3, 0.4) is 0 Å². The van der Waals surface area contributed by atoms with Crippen molar-refractivity contribution in [3.8, 4) is 0 Å². The van der Waals surface area contributed by atoms with Crippen molar-refractivity contribution in [1.82, 2.24) is 29.7 Å². The van der Waals surface area contributed by atoms with Crippen LogP contribution >= 0.6 is 0 Å². The fraction of sp³-hybridized carbons (Fsp3) is 0.533. The summed E-state index contributed by atoms with van der Waals surface area (Å²) >= 11 is 0. The summed E-state index contributed by atoms with van der Waals surface area (Å²) in [6, 6.07) is 2.31. The highest BCUT2D eigenvalue weighted by Gasteiger charge is 2.28. The molecule has 3 rings (SSSR count). The van der Waals surface area contributed by atoms with Gasteiger partial charge in [0.25, 0.3) is 0 Å². The van der Waals surface area contributed by atoms with Gasteiger partial charge in [-0.2, -0.15) is 0 Å². The molecule has 0 aromatic carbocycles. The molecule has 1 N–H and O–H groups in total. The van der Waals surface area contributed by atoms with Gasteiger partial charge in [0.1, 0.15) is 5.82 Å². The molecule has 112 valence electrons. The van der Waals surface area contributed by atoms with Crippen molar-refractivity contribution in [2.45, 2.75) is 32.0 Å². The van der Waals surface area contributed by atoms with Crippen molar-refractivity contribution >= 4 is 0 Å². The molecule has 0 saturated carbocycles. The van der Waals surface area contributed by atoms with Crippen LogP contribution in [0.5, 0.6) is 0 Å². The van der Waals surface area contributed by atoms with Crippen molar-refractivity contribution in [1.29, 1.82) is 0 Å². The molecule has 21 heavy (non-hydrogen) atoms. The van der Waals surface area contributed by atoms with Gasteiger partial charge in [0.15, 0.2) is 0 Å². The second-order valence-corrected chi connectivity index (χ2v) is 5.85. The first-order valence-corrected chi connectivity index (χ1v) is 7.40. The Balaban J connectivity index is 1.75. The Kier molecular flexibility index (Phi) is 4.26. The van der Waals surface area contributed by atoms with Crippen LogP contribution in [-0.2, 0) is 13.1 Å². The zero-order valence-corrected chi connectivity index (χ0v) is 12.7. The number of nitrogens with one attached hydrogen (secondary N) is 1. The summed E-state index contributed by atoms with van der Waals surface area (Å²) in [7, 11) is 4.11. The van der Waals surface area contributed by atoms with Crippen molar-refractivity contribution in [3.63, 3.8) is 0 Å². The van der Waals surface area contributed by atoms with Crippen LogP contribution in [0.15, 0.2) is 24.8 Å². The number of likely N-dealkylation sites (tertiary alicyclic amines) is 1. The third-order valence-electron chi connectivity index (χ3n) is 3.80. The lowest BCUT2D eigenvalue weighted by Gasteiger charge is -2.23. The largest absolute Gasteiger partial charge is 0.347 e. The minimum Gasteiger partial charge on any atom is -0.347 e. The van der Waals surface area contributed by atoms with Crippen LogP contribution in [0.25, 0.3) is 0 Å². The molecule has 2 aromatic heterocycles. The highest BCUT2D eigenvalue weighted by molar-refractivity contribution is 5.07. The van der Waals surface area contributed by atoms with E-state index in [1.54, 1.807) is 6.33 Å². The average Bonchev–Trinajstić information content (AvgIpc) is 3.10. The number of imidazole rings is 1. The molecule has 6 nitrogen and oxygen atoms in total. The van der Waals surface area contributed by atoms with E-state index in [4.69, 9.17) is 4.98 Å². The van der Waals surface area contributed by atoms with Crippen molar-refractivity contribution < 1.29 is 0 Å². The Bertz CT molecular complexity index is 565. The van der Waals surface area contributed by atoms with E-state index in [0.717, 1.165) is 43.3 Å². The summed E-state index contributed by atoms with van der Waals surface area (Å²) in [6.45, 7) is 2.82. The third kappa shape index (κ3) is 3.46. The van der Waals surface area contributed by atoms with Crippen LogP contribution in [0.1, 0.15) is 36.1 Å². The molecule has 0 spiro atoms. The number of H-pyrrole nitrogens is 1. The number of rotatable bonds is 5. The molecule has 1 fully saturated rings. The first-order chi connectivity index (χ1) is 10.2. The first kappa shape index (κ1) is 14.2. The van der Waals surface area contributed by atoms with Gasteiger partial charge in [0.05, 0.1) is 18.1 Å². The second kappa shape index (κ2) is 6.32. The van der Waals surface area contributed by atoms with Gasteiger partial charge in [-0.15, -0.1) is 0 Å². The highest BCUT2D eigenvalue weighted by atomic mass is 15.2. The minimum atomic E-state index is 0.315. The molecule has 0 aliphatic carbocycles. The summed E-state index contributed by atoms with van der Waals surface area (Å²) < 4.78 is 0. The summed E-state index contributed by atoms with van der Waals surface area (Å²) in [6.07, 6.45) is 7.82. The molecule has 0 unspecified atom stereocenters. The standard InChI is InChI=1S/C15H22N6/c1-20(2)9-12-5-6-17-15(19-12)14-4-3-7-21(14)10-13-8-16-11-18-13/h5-6,8,11,14H,3-4,7,9-10H2,1-2H3,(H,16,18)/t14-/m1/s1. The summed E-state index contributed by atoms with van der Waals surface area (Å²) in [5.74, 6) is 0.950. The zero-order valence-electron chi connectivity index (χ0n) is 12.7. The molecule has 1 aliphatic heterocycles. The molecule has 3 heterocycles. The quantitative estimate of drug-likeness (QED) is 0.904. The van der Waals surface area contributed by atoms with E-state index < -0.39 is 0 Å². The van der Waals surface area contributed by atoms with Crippen molar-refractivity contribution in [2.24, 2.45) is 0 Å². The Labute approximate surface area is 125 Å². The van der Waals surface area contributed by atoms with Crippen LogP contribution in [0, 0.1) is 0 Å². The summed E-state index contributed by atoms with van der Waals surface area (Å²) in [5, 5.41) is 0. The average molecular weight is 286 g/mol. The lowest BCUT2D eigenvalue weighted by molar-refractivity contribution is 0.236. The Morgan fingerprint density at radius 3 is 3.10 bits per heavy atom. The maximum atomic E-state index is 4.75. The molecular weight excluding hydrogens is 264 g/mol. The maximum absolute atomic E-state index is 4.75. The van der Waals surface area contributed by atoms with E-state index >= 15 is 0 Å². The van der Waals surface area contributed by atoms with E-state index in [0.29, 0.717) is 6.04 Å². The predicted octanol–water partition coefficient (Wildman–Crippen LogP) is 1.60. The summed E-state index contributed by atoms with van der Waals surface area (Å²) in [5.41, 5.74) is 2.23. The topological polar surface area (TPSA) is 60.9 Å². The fourth-order valence-electron chi connectivity index (χ4n) is 2.88. The normalized spacial score (nSPS) is 19.5. The maximum Gasteiger partial charge on any atom is 0.145 e. The Hall–Kier alpha value is -1.79. The first-order valence-electron chi connectivity index (χ1n) is 7.40. The second-order valence-electron chi connectivity index (χ2n) is 5.85. The number of aromatic amines is 1. The zero-order chi connectivity index (χ0) is 14.7. The van der Waals surface area contributed by atoms with Gasteiger partial charge in [-0.1, -0.05) is 0 Å². The van der Waals surface area contributed by atoms with Gasteiger partial charge in [0.2, 0.25) is 0 Å². The smallest absolute Gasteiger partial charge is 0.145 e. The van der Waals surface area contributed by atoms with Crippen LogP contribution in [-0.4, -0.2) is 50.4 Å². The van der Waals surface area contributed by atoms with Gasteiger partial charge in [-0.25, -0.2) is 15.0 Å². The highest BCUT2D eigenvalue weighted by Crippen LogP contribution is 2.30. The van der Waals surface area contributed by atoms with E-state index in [2.05, 4.69) is 38.8 Å². The molecular formula is C15H22N6. The number of hydrogen-bond acceptors (Lipinski definition) is 5. The van der Waals surface area contributed by atoms with Crippen LogP contribution < -0.4 is 0 Å². The lowest BCUT2D eigenvalue weighted by atomic mass is 10.2. The van der Waals surface area contributed by atoms with Crippen LogP contribution in [0.2, 0.25) is 0 Å². The molecule has 2 aromatic rings. The minimum absolute atomic E-state index is 0.315. The van der Waals surface area contributed by atoms with E-state index in [-0.39, 0.29) is 0 Å². The predicted molar refractivity (Wildman–Crippen MR) is 80.4 cm³/mol. The Morgan fingerprint density at radius 1 is 1.43 bits per heavy atom. The molecule has 1 atom stereocenters. The molecule has 0 amide bonds. The van der Waals surface area contributed by atoms with Gasteiger partial charge < -0.3 is 9.88 Å². The number of aromatic nitrogens is 4. The monoisotopic (exact) mass is 286 g/mol. The van der Waals surface area contributed by atoms with Crippen LogP contribution in [0.4, 0.5) is 0 Å². The van der Waals surface area contributed by atoms with E-state index in [9.17, 15) is 0 Å². The molecule has 6 heteroatoms. The summed E-state index contributed by atoms with van der Waals surface area (Å²) in [4.78, 5) is 21.1. The fourth-order valence-corrected chi connectivity index (χ4v) is 2.88.